The van der Waals surface area contributed by atoms with E-state index in [0.717, 1.165) is 71.8 Å². The molecule has 0 spiro atoms. The number of nitrogens with zero attached hydrogens (tertiary/aromatic N) is 1. The number of hydrogen-bond acceptors (Lipinski definition) is 0. The molecule has 0 bridgehead atoms. The molecule has 8 aromatic rings. The Kier molecular flexibility index (Phi) is 5.95. The molecule has 3 heterocycles. The highest BCUT2D eigenvalue weighted by molar-refractivity contribution is 6.16. The van der Waals surface area contributed by atoms with E-state index in [4.69, 9.17) is 0 Å². The Morgan fingerprint density at radius 1 is 0.318 bits per heavy atom. The minimum atomic E-state index is -0.343. The van der Waals surface area contributed by atoms with Gasteiger partial charge in [-0.3, -0.25) is 0 Å². The Morgan fingerprint density at radius 2 is 0.614 bits per heavy atom. The van der Waals surface area contributed by atoms with Crippen molar-refractivity contribution in [1.29, 1.82) is 0 Å². The van der Waals surface area contributed by atoms with Gasteiger partial charge in [-0.05, 0) is 89.0 Å². The van der Waals surface area contributed by atoms with Crippen molar-refractivity contribution in [3.63, 3.8) is 0 Å². The smallest absolute Gasteiger partial charge is 0.207 e. The fourth-order valence-electron chi connectivity index (χ4n) is 6.50. The highest BCUT2D eigenvalue weighted by atomic mass is 19.1. The molecule has 0 radical (unpaired) electrons. The molecule has 0 saturated carbocycles. The van der Waals surface area contributed by atoms with Crippen LogP contribution in [0.3, 0.4) is 0 Å². The second kappa shape index (κ2) is 10.0. The number of aromatic nitrogens is 1. The maximum absolute atomic E-state index is 14.2. The Morgan fingerprint density at radius 3 is 0.955 bits per heavy atom. The molecule has 0 atom stereocenters. The number of pyridine rings is 3. The summed E-state index contributed by atoms with van der Waals surface area (Å²) in [4.78, 5) is 0. The van der Waals surface area contributed by atoms with Crippen LogP contribution in [0.25, 0.3) is 71.8 Å². The first kappa shape index (κ1) is 26.1. The molecule has 5 heteroatoms. The van der Waals surface area contributed by atoms with E-state index in [1.165, 1.54) is 48.5 Å². The minimum Gasteiger partial charge on any atom is -0.207 e. The van der Waals surface area contributed by atoms with Gasteiger partial charge in [0.15, 0.2) is 0 Å². The van der Waals surface area contributed by atoms with Crippen LogP contribution in [-0.2, 0) is 0 Å². The van der Waals surface area contributed by atoms with Gasteiger partial charge in [-0.1, -0.05) is 54.6 Å². The molecule has 0 amide bonds. The summed E-state index contributed by atoms with van der Waals surface area (Å²) >= 11 is 0. The highest BCUT2D eigenvalue weighted by Gasteiger charge is 2.31. The van der Waals surface area contributed by atoms with Crippen LogP contribution in [0.15, 0.2) is 133 Å². The lowest BCUT2D eigenvalue weighted by Gasteiger charge is -2.20. The van der Waals surface area contributed by atoms with E-state index in [1.807, 2.05) is 36.4 Å². The standard InChI is InChI=1S/C39H22F4N/c40-27-15-7-23(8-16-27)35-31-3-1-4-32-36(24-9-17-28(41)18-10-24)38(26-13-21-30(43)22-14-26)34-6-2-5-33(44(34)39(31)32)37(35)25-11-19-29(42)20-12-25/h1-22H/q+1. The zero-order valence-electron chi connectivity index (χ0n) is 23.2. The number of para-hydroxylation sites is 1. The van der Waals surface area contributed by atoms with E-state index in [-0.39, 0.29) is 23.3 Å². The van der Waals surface area contributed by atoms with Crippen LogP contribution in [0.5, 0.6) is 0 Å². The maximum Gasteiger partial charge on any atom is 0.227 e. The lowest BCUT2D eigenvalue weighted by atomic mass is 9.85. The molecule has 1 nitrogen and oxygen atoms in total. The van der Waals surface area contributed by atoms with Gasteiger partial charge in [0.05, 0.1) is 21.9 Å². The largest absolute Gasteiger partial charge is 0.227 e. The molecule has 0 fully saturated rings. The third-order valence-electron chi connectivity index (χ3n) is 8.33. The molecule has 0 aliphatic heterocycles. The number of benzene rings is 5. The predicted molar refractivity (Wildman–Crippen MR) is 167 cm³/mol. The van der Waals surface area contributed by atoms with Crippen LogP contribution in [0.4, 0.5) is 17.6 Å². The summed E-state index contributed by atoms with van der Waals surface area (Å²) in [5.41, 5.74) is 9.39. The van der Waals surface area contributed by atoms with E-state index in [2.05, 4.69) is 4.40 Å². The van der Waals surface area contributed by atoms with Crippen LogP contribution in [0, 0.1) is 23.3 Å². The molecule has 0 aliphatic carbocycles. The topological polar surface area (TPSA) is 4.10 Å². The minimum absolute atomic E-state index is 0.342. The number of rotatable bonds is 4. The molecule has 5 aromatic carbocycles. The molecule has 3 aromatic heterocycles. The van der Waals surface area contributed by atoms with E-state index in [9.17, 15) is 17.6 Å². The second-order valence-electron chi connectivity index (χ2n) is 10.9. The van der Waals surface area contributed by atoms with Crippen LogP contribution in [0.2, 0.25) is 0 Å². The Balaban J connectivity index is 1.64. The van der Waals surface area contributed by atoms with Crippen molar-refractivity contribution in [3.8, 4) is 44.5 Å². The first-order chi connectivity index (χ1) is 21.5. The fourth-order valence-corrected chi connectivity index (χ4v) is 6.50. The first-order valence-electron chi connectivity index (χ1n) is 14.2. The molecule has 0 N–H and O–H groups in total. The Labute approximate surface area is 250 Å². The van der Waals surface area contributed by atoms with E-state index >= 15 is 0 Å². The van der Waals surface area contributed by atoms with Crippen LogP contribution in [0.1, 0.15) is 0 Å². The first-order valence-corrected chi connectivity index (χ1v) is 14.2. The molecular weight excluding hydrogens is 558 g/mol. The zero-order chi connectivity index (χ0) is 29.9. The van der Waals surface area contributed by atoms with Crippen molar-refractivity contribution in [1.82, 2.24) is 0 Å². The zero-order valence-corrected chi connectivity index (χ0v) is 23.2. The van der Waals surface area contributed by atoms with Gasteiger partial charge in [-0.15, -0.1) is 0 Å². The van der Waals surface area contributed by atoms with Crippen LogP contribution < -0.4 is 4.40 Å². The van der Waals surface area contributed by atoms with Crippen molar-refractivity contribution >= 4 is 27.3 Å². The molecule has 8 rings (SSSR count). The lowest BCUT2D eigenvalue weighted by molar-refractivity contribution is -0.449. The van der Waals surface area contributed by atoms with Gasteiger partial charge in [0, 0.05) is 23.3 Å². The van der Waals surface area contributed by atoms with E-state index < -0.39 is 0 Å². The number of halogens is 4. The molecule has 0 aliphatic rings. The van der Waals surface area contributed by atoms with Crippen LogP contribution in [-0.4, -0.2) is 0 Å². The van der Waals surface area contributed by atoms with Crippen molar-refractivity contribution in [2.75, 3.05) is 0 Å². The Hall–Kier alpha value is -5.55. The predicted octanol–water partition coefficient (Wildman–Crippen LogP) is 10.4. The van der Waals surface area contributed by atoms with Gasteiger partial charge >= 0.3 is 0 Å². The monoisotopic (exact) mass is 580 g/mol. The van der Waals surface area contributed by atoms with Gasteiger partial charge < -0.3 is 0 Å². The summed E-state index contributed by atoms with van der Waals surface area (Å²) in [6.45, 7) is 0. The molecule has 44 heavy (non-hydrogen) atoms. The molecule has 0 unspecified atom stereocenters. The quantitative estimate of drug-likeness (QED) is 0.111. The Bertz CT molecular complexity index is 2000. The summed E-state index contributed by atoms with van der Waals surface area (Å²) in [6.07, 6.45) is 0. The fraction of sp³-hybridized carbons (Fsp3) is 0. The highest BCUT2D eigenvalue weighted by Crippen LogP contribution is 2.46. The maximum atomic E-state index is 14.2. The average molecular weight is 581 g/mol. The van der Waals surface area contributed by atoms with Gasteiger partial charge in [0.1, 0.15) is 23.3 Å². The summed E-state index contributed by atoms with van der Waals surface area (Å²) < 4.78 is 58.8. The molecule has 210 valence electrons. The SMILES string of the molecule is Fc1ccc(-c2c(-c3ccc(F)cc3)c3cccc4c(-c5ccc(F)cc5)c(-c5ccc(F)cc5)c5cccc2c5[n+]34)cc1. The van der Waals surface area contributed by atoms with Gasteiger partial charge in [0.2, 0.25) is 16.6 Å². The van der Waals surface area contributed by atoms with Crippen molar-refractivity contribution < 1.29 is 22.0 Å². The van der Waals surface area contributed by atoms with E-state index in [0.29, 0.717) is 0 Å². The summed E-state index contributed by atoms with van der Waals surface area (Å²) in [6, 6.07) is 37.7. The number of hydrogen-bond donors (Lipinski definition) is 0. The lowest BCUT2D eigenvalue weighted by Crippen LogP contribution is -2.28. The van der Waals surface area contributed by atoms with Gasteiger partial charge in [-0.2, -0.15) is 4.40 Å². The normalized spacial score (nSPS) is 11.6. The van der Waals surface area contributed by atoms with Crippen molar-refractivity contribution in [3.05, 3.63) is 157 Å². The average Bonchev–Trinajstić information content (AvgIpc) is 3.05. The second-order valence-corrected chi connectivity index (χ2v) is 10.9. The third kappa shape index (κ3) is 4.04. The molecule has 0 saturated heterocycles. The van der Waals surface area contributed by atoms with Gasteiger partial charge in [-0.25, -0.2) is 17.6 Å². The molecular formula is C39H22F4N+. The van der Waals surface area contributed by atoms with Crippen molar-refractivity contribution in [2.45, 2.75) is 0 Å². The van der Waals surface area contributed by atoms with E-state index in [1.54, 1.807) is 48.5 Å². The summed E-state index contributed by atoms with van der Waals surface area (Å²) in [5.74, 6) is -1.37. The van der Waals surface area contributed by atoms with Crippen LogP contribution >= 0.6 is 0 Å². The summed E-state index contributed by atoms with van der Waals surface area (Å²) in [5, 5.41) is 1.83. The van der Waals surface area contributed by atoms with Crippen molar-refractivity contribution in [2.24, 2.45) is 0 Å². The third-order valence-corrected chi connectivity index (χ3v) is 8.33. The van der Waals surface area contributed by atoms with Gasteiger partial charge in [0.25, 0.3) is 0 Å². The summed E-state index contributed by atoms with van der Waals surface area (Å²) in [7, 11) is 0.